The molecule has 2 aliphatic rings. The van der Waals surface area contributed by atoms with E-state index in [9.17, 15) is 4.79 Å². The highest BCUT2D eigenvalue weighted by molar-refractivity contribution is 5.77. The molecule has 0 aromatic heterocycles. The minimum Gasteiger partial charge on any atom is -0.348 e. The Balaban J connectivity index is 1.65. The summed E-state index contributed by atoms with van der Waals surface area (Å²) in [5, 5.41) is 3.40. The molecule has 0 saturated carbocycles. The molecule has 0 bridgehead atoms. The van der Waals surface area contributed by atoms with Crippen molar-refractivity contribution >= 4 is 5.91 Å². The van der Waals surface area contributed by atoms with Crippen molar-refractivity contribution in [1.29, 1.82) is 0 Å². The number of hydrogen-bond acceptors (Lipinski definition) is 4. The second-order valence-electron chi connectivity index (χ2n) is 6.06. The van der Waals surface area contributed by atoms with E-state index in [1.54, 1.807) is 4.90 Å². The van der Waals surface area contributed by atoms with E-state index in [1.165, 1.54) is 32.5 Å². The maximum absolute atomic E-state index is 11.7. The van der Waals surface area contributed by atoms with Crippen LogP contribution in [0.3, 0.4) is 0 Å². The van der Waals surface area contributed by atoms with Gasteiger partial charge in [-0.15, -0.1) is 0 Å². The van der Waals surface area contributed by atoms with Crippen LogP contribution in [0.4, 0.5) is 0 Å². The number of rotatable bonds is 4. The summed E-state index contributed by atoms with van der Waals surface area (Å²) in [4.78, 5) is 18.3. The molecule has 2 aliphatic heterocycles. The minimum atomic E-state index is 0.223. The molecule has 0 radical (unpaired) electrons. The van der Waals surface area contributed by atoms with E-state index >= 15 is 0 Å². The number of nitrogens with zero attached hydrogens (tertiary/aromatic N) is 3. The molecular formula is C14H28N4O. The zero-order valence-electron chi connectivity index (χ0n) is 12.4. The van der Waals surface area contributed by atoms with Gasteiger partial charge in [-0.3, -0.25) is 9.69 Å². The lowest BCUT2D eigenvalue weighted by Gasteiger charge is -2.36. The fourth-order valence-electron chi connectivity index (χ4n) is 2.92. The highest BCUT2D eigenvalue weighted by Gasteiger charge is 2.23. The second kappa shape index (κ2) is 7.22. The zero-order chi connectivity index (χ0) is 13.7. The summed E-state index contributed by atoms with van der Waals surface area (Å²) in [6.45, 7) is 8.65. The maximum Gasteiger partial charge on any atom is 0.236 e. The molecule has 0 spiro atoms. The molecule has 2 heterocycles. The molecule has 2 saturated heterocycles. The van der Waals surface area contributed by atoms with Gasteiger partial charge in [-0.05, 0) is 31.8 Å². The Morgan fingerprint density at radius 1 is 1.11 bits per heavy atom. The molecule has 2 rings (SSSR count). The van der Waals surface area contributed by atoms with Gasteiger partial charge in [0.1, 0.15) is 0 Å². The summed E-state index contributed by atoms with van der Waals surface area (Å²) in [5.41, 5.74) is 0. The topological polar surface area (TPSA) is 38.8 Å². The largest absolute Gasteiger partial charge is 0.348 e. The van der Waals surface area contributed by atoms with Gasteiger partial charge in [0.2, 0.25) is 5.91 Å². The molecule has 0 aromatic carbocycles. The Bertz CT molecular complexity index is 281. The molecule has 1 N–H and O–H groups in total. The van der Waals surface area contributed by atoms with E-state index in [1.807, 2.05) is 14.1 Å². The van der Waals surface area contributed by atoms with Crippen LogP contribution in [0.25, 0.3) is 0 Å². The van der Waals surface area contributed by atoms with Crippen LogP contribution in [0.5, 0.6) is 0 Å². The van der Waals surface area contributed by atoms with Gasteiger partial charge < -0.3 is 15.1 Å². The third kappa shape index (κ3) is 4.75. The Morgan fingerprint density at radius 3 is 2.32 bits per heavy atom. The average molecular weight is 268 g/mol. The first-order valence-corrected chi connectivity index (χ1v) is 7.50. The molecule has 2 fully saturated rings. The summed E-state index contributed by atoms with van der Waals surface area (Å²) in [7, 11) is 3.67. The SMILES string of the molecule is CN(C)C(=O)CN1CCC(CN2CCNCC2)CC1. The Hall–Kier alpha value is -0.650. The lowest BCUT2D eigenvalue weighted by Crippen LogP contribution is -2.47. The van der Waals surface area contributed by atoms with Gasteiger partial charge in [0, 0.05) is 46.8 Å². The lowest BCUT2D eigenvalue weighted by molar-refractivity contribution is -0.130. The van der Waals surface area contributed by atoms with E-state index in [4.69, 9.17) is 0 Å². The zero-order valence-corrected chi connectivity index (χ0v) is 12.4. The van der Waals surface area contributed by atoms with Gasteiger partial charge in [-0.1, -0.05) is 0 Å². The number of carbonyl (C=O) groups is 1. The van der Waals surface area contributed by atoms with Crippen molar-refractivity contribution in [2.75, 3.05) is 66.5 Å². The second-order valence-corrected chi connectivity index (χ2v) is 6.06. The highest BCUT2D eigenvalue weighted by atomic mass is 16.2. The van der Waals surface area contributed by atoms with Crippen LogP contribution in [0.1, 0.15) is 12.8 Å². The number of piperazine rings is 1. The van der Waals surface area contributed by atoms with Crippen LogP contribution in [0.15, 0.2) is 0 Å². The number of piperidine rings is 1. The summed E-state index contributed by atoms with van der Waals surface area (Å²) < 4.78 is 0. The molecule has 0 atom stereocenters. The van der Waals surface area contributed by atoms with Crippen molar-refractivity contribution in [3.63, 3.8) is 0 Å². The van der Waals surface area contributed by atoms with Gasteiger partial charge in [-0.2, -0.15) is 0 Å². The molecule has 5 nitrogen and oxygen atoms in total. The van der Waals surface area contributed by atoms with Crippen LogP contribution in [-0.4, -0.2) is 87.1 Å². The fourth-order valence-corrected chi connectivity index (χ4v) is 2.92. The highest BCUT2D eigenvalue weighted by Crippen LogP contribution is 2.18. The number of likely N-dealkylation sites (N-methyl/N-ethyl adjacent to an activating group) is 1. The Labute approximate surface area is 116 Å². The number of nitrogens with one attached hydrogen (secondary N) is 1. The normalized spacial score (nSPS) is 23.5. The average Bonchev–Trinajstić information content (AvgIpc) is 2.42. The lowest BCUT2D eigenvalue weighted by atomic mass is 9.96. The van der Waals surface area contributed by atoms with Crippen LogP contribution >= 0.6 is 0 Å². The summed E-state index contributed by atoms with van der Waals surface area (Å²) in [6.07, 6.45) is 2.48. The number of amides is 1. The monoisotopic (exact) mass is 268 g/mol. The van der Waals surface area contributed by atoms with Gasteiger partial charge in [-0.25, -0.2) is 0 Å². The third-order valence-corrected chi connectivity index (χ3v) is 4.29. The first-order valence-electron chi connectivity index (χ1n) is 7.50. The molecule has 110 valence electrons. The van der Waals surface area contributed by atoms with E-state index in [-0.39, 0.29) is 5.91 Å². The molecule has 0 aliphatic carbocycles. The predicted octanol–water partition coefficient (Wildman–Crippen LogP) is -0.308. The van der Waals surface area contributed by atoms with Crippen molar-refractivity contribution in [3.05, 3.63) is 0 Å². The summed E-state index contributed by atoms with van der Waals surface area (Å²) in [5.74, 6) is 1.05. The quantitative estimate of drug-likeness (QED) is 0.759. The summed E-state index contributed by atoms with van der Waals surface area (Å²) in [6, 6.07) is 0. The van der Waals surface area contributed by atoms with Gasteiger partial charge in [0.25, 0.3) is 0 Å². The van der Waals surface area contributed by atoms with Crippen LogP contribution in [0.2, 0.25) is 0 Å². The Kier molecular flexibility index (Phi) is 5.60. The third-order valence-electron chi connectivity index (χ3n) is 4.29. The first-order chi connectivity index (χ1) is 9.15. The minimum absolute atomic E-state index is 0.223. The van der Waals surface area contributed by atoms with E-state index in [2.05, 4.69) is 15.1 Å². The van der Waals surface area contributed by atoms with Crippen molar-refractivity contribution < 1.29 is 4.79 Å². The molecule has 1 amide bonds. The molecule has 0 aromatic rings. The van der Waals surface area contributed by atoms with Crippen molar-refractivity contribution in [2.45, 2.75) is 12.8 Å². The fraction of sp³-hybridized carbons (Fsp3) is 0.929. The summed E-state index contributed by atoms with van der Waals surface area (Å²) >= 11 is 0. The van der Waals surface area contributed by atoms with Crippen molar-refractivity contribution in [1.82, 2.24) is 20.0 Å². The van der Waals surface area contributed by atoms with Crippen molar-refractivity contribution in [2.24, 2.45) is 5.92 Å². The predicted molar refractivity (Wildman–Crippen MR) is 77.2 cm³/mol. The number of likely N-dealkylation sites (tertiary alicyclic amines) is 1. The molecule has 19 heavy (non-hydrogen) atoms. The standard InChI is InChI=1S/C14H28N4O/c1-16(2)14(19)12-17-7-3-13(4-8-17)11-18-9-5-15-6-10-18/h13,15H,3-12H2,1-2H3. The molecular weight excluding hydrogens is 240 g/mol. The smallest absolute Gasteiger partial charge is 0.236 e. The van der Waals surface area contributed by atoms with Crippen LogP contribution in [0, 0.1) is 5.92 Å². The number of carbonyl (C=O) groups excluding carboxylic acids is 1. The molecule has 5 heteroatoms. The maximum atomic E-state index is 11.7. The van der Waals surface area contributed by atoms with E-state index in [0.29, 0.717) is 6.54 Å². The van der Waals surface area contributed by atoms with Gasteiger partial charge in [0.05, 0.1) is 6.54 Å². The number of hydrogen-bond donors (Lipinski definition) is 1. The van der Waals surface area contributed by atoms with E-state index in [0.717, 1.165) is 32.1 Å². The van der Waals surface area contributed by atoms with Gasteiger partial charge >= 0.3 is 0 Å². The molecule has 0 unspecified atom stereocenters. The van der Waals surface area contributed by atoms with Crippen LogP contribution in [-0.2, 0) is 4.79 Å². The van der Waals surface area contributed by atoms with Gasteiger partial charge in [0.15, 0.2) is 0 Å². The Morgan fingerprint density at radius 2 is 1.74 bits per heavy atom. The first kappa shape index (κ1) is 14.8. The van der Waals surface area contributed by atoms with Crippen LogP contribution < -0.4 is 5.32 Å². The van der Waals surface area contributed by atoms with E-state index < -0.39 is 0 Å². The van der Waals surface area contributed by atoms with Crippen molar-refractivity contribution in [3.8, 4) is 0 Å².